The predicted octanol–water partition coefficient (Wildman–Crippen LogP) is 4.10. The second-order valence-corrected chi connectivity index (χ2v) is 5.54. The number of ketones is 1. The van der Waals surface area contributed by atoms with E-state index in [4.69, 9.17) is 4.74 Å². The number of allylic oxidation sites excluding steroid dienone is 1. The van der Waals surface area contributed by atoms with Crippen LogP contribution in [0.3, 0.4) is 0 Å². The Labute approximate surface area is 149 Å². The van der Waals surface area contributed by atoms with Gasteiger partial charge in [-0.15, -0.1) is 0 Å². The van der Waals surface area contributed by atoms with Crippen LogP contribution in [0, 0.1) is 0 Å². The van der Waals surface area contributed by atoms with Crippen LogP contribution in [0.5, 0.6) is 5.75 Å². The van der Waals surface area contributed by atoms with Crippen molar-refractivity contribution in [3.8, 4) is 5.75 Å². The van der Waals surface area contributed by atoms with Gasteiger partial charge in [0.15, 0.2) is 5.78 Å². The molecule has 0 fully saturated rings. The maximum atomic E-state index is 12.1. The van der Waals surface area contributed by atoms with Crippen molar-refractivity contribution in [3.05, 3.63) is 65.2 Å². The molecule has 0 unspecified atom stereocenters. The van der Waals surface area contributed by atoms with E-state index in [0.29, 0.717) is 35.5 Å². The standard InChI is InChI=1S/C19H18BrNO3/c1-21-19-16(8-5-11-22)15(17(23)12-20)9-10-18(19)24-13-14-6-3-2-4-7-14/h2-11,21H,12-13H2,1H3/b8-5-. The lowest BCUT2D eigenvalue weighted by Gasteiger charge is -2.16. The number of nitrogens with one attached hydrogen (secondary N) is 1. The summed E-state index contributed by atoms with van der Waals surface area (Å²) in [7, 11) is 1.76. The minimum Gasteiger partial charge on any atom is -0.487 e. The smallest absolute Gasteiger partial charge is 0.174 e. The molecule has 124 valence electrons. The molecule has 0 saturated heterocycles. The highest BCUT2D eigenvalue weighted by molar-refractivity contribution is 9.09. The van der Waals surface area contributed by atoms with Crippen LogP contribution in [0.4, 0.5) is 5.69 Å². The Balaban J connectivity index is 2.39. The van der Waals surface area contributed by atoms with E-state index in [1.807, 2.05) is 30.3 Å². The van der Waals surface area contributed by atoms with E-state index in [1.54, 1.807) is 25.3 Å². The normalized spacial score (nSPS) is 10.6. The highest BCUT2D eigenvalue weighted by Gasteiger charge is 2.16. The first kappa shape index (κ1) is 17.9. The van der Waals surface area contributed by atoms with Crippen molar-refractivity contribution < 1.29 is 14.3 Å². The molecule has 0 amide bonds. The first-order chi connectivity index (χ1) is 11.7. The molecule has 2 rings (SSSR count). The molecule has 24 heavy (non-hydrogen) atoms. The van der Waals surface area contributed by atoms with Crippen molar-refractivity contribution >= 4 is 39.8 Å². The van der Waals surface area contributed by atoms with Crippen molar-refractivity contribution in [2.75, 3.05) is 17.7 Å². The molecule has 0 aliphatic heterocycles. The van der Waals surface area contributed by atoms with E-state index in [-0.39, 0.29) is 11.1 Å². The lowest BCUT2D eigenvalue weighted by Crippen LogP contribution is -2.07. The Hall–Kier alpha value is -2.40. The summed E-state index contributed by atoms with van der Waals surface area (Å²) in [5, 5.41) is 3.28. The molecule has 0 aliphatic carbocycles. The fourth-order valence-electron chi connectivity index (χ4n) is 2.34. The van der Waals surface area contributed by atoms with Crippen molar-refractivity contribution in [1.29, 1.82) is 0 Å². The summed E-state index contributed by atoms with van der Waals surface area (Å²) < 4.78 is 5.90. The van der Waals surface area contributed by atoms with E-state index < -0.39 is 0 Å². The topological polar surface area (TPSA) is 55.4 Å². The molecule has 4 nitrogen and oxygen atoms in total. The van der Waals surface area contributed by atoms with Gasteiger partial charge in [0.2, 0.25) is 0 Å². The highest BCUT2D eigenvalue weighted by Crippen LogP contribution is 2.33. The molecule has 2 aromatic carbocycles. The van der Waals surface area contributed by atoms with Gasteiger partial charge in [-0.1, -0.05) is 46.3 Å². The molecule has 0 aliphatic rings. The van der Waals surface area contributed by atoms with E-state index in [0.717, 1.165) is 5.56 Å². The van der Waals surface area contributed by atoms with Gasteiger partial charge in [0.1, 0.15) is 18.6 Å². The number of benzene rings is 2. The van der Waals surface area contributed by atoms with E-state index in [9.17, 15) is 9.59 Å². The number of hydrogen-bond donors (Lipinski definition) is 1. The third-order valence-electron chi connectivity index (χ3n) is 3.46. The Morgan fingerprint density at radius 2 is 1.96 bits per heavy atom. The number of halogens is 1. The summed E-state index contributed by atoms with van der Waals surface area (Å²) in [6.07, 6.45) is 3.66. The number of rotatable bonds is 8. The first-order valence-electron chi connectivity index (χ1n) is 7.43. The second kappa shape index (κ2) is 9.03. The zero-order valence-electron chi connectivity index (χ0n) is 13.3. The summed E-state index contributed by atoms with van der Waals surface area (Å²) in [4.78, 5) is 22.8. The minimum atomic E-state index is -0.0633. The van der Waals surface area contributed by atoms with Gasteiger partial charge < -0.3 is 10.1 Å². The molecule has 2 aromatic rings. The van der Waals surface area contributed by atoms with Crippen LogP contribution < -0.4 is 10.1 Å². The number of anilines is 1. The van der Waals surface area contributed by atoms with Gasteiger partial charge in [-0.2, -0.15) is 0 Å². The van der Waals surface area contributed by atoms with Crippen LogP contribution in [-0.2, 0) is 11.4 Å². The number of ether oxygens (including phenoxy) is 1. The highest BCUT2D eigenvalue weighted by atomic mass is 79.9. The molecule has 0 heterocycles. The van der Waals surface area contributed by atoms with Crippen LogP contribution in [0.1, 0.15) is 21.5 Å². The SMILES string of the molecule is CNc1c(OCc2ccccc2)ccc(C(=O)CBr)c1/C=C\C=O. The van der Waals surface area contributed by atoms with Crippen LogP contribution in [0.15, 0.2) is 48.5 Å². The summed E-state index contributed by atoms with van der Waals surface area (Å²) in [6, 6.07) is 13.3. The van der Waals surface area contributed by atoms with Crippen molar-refractivity contribution in [1.82, 2.24) is 0 Å². The molecule has 5 heteroatoms. The number of hydrogen-bond acceptors (Lipinski definition) is 4. The fraction of sp³-hybridized carbons (Fsp3) is 0.158. The van der Waals surface area contributed by atoms with Crippen molar-refractivity contribution in [2.24, 2.45) is 0 Å². The van der Waals surface area contributed by atoms with E-state index in [1.165, 1.54) is 6.08 Å². The Kier molecular flexibility index (Phi) is 6.75. The third kappa shape index (κ3) is 4.32. The number of aldehydes is 1. The zero-order valence-corrected chi connectivity index (χ0v) is 14.9. The van der Waals surface area contributed by atoms with Crippen LogP contribution >= 0.6 is 15.9 Å². The molecule has 1 N–H and O–H groups in total. The minimum absolute atomic E-state index is 0.0633. The molecule has 0 bridgehead atoms. The summed E-state index contributed by atoms with van der Waals surface area (Å²) in [6.45, 7) is 0.415. The zero-order chi connectivity index (χ0) is 17.4. The summed E-state index contributed by atoms with van der Waals surface area (Å²) in [5.74, 6) is 0.560. The molecule has 0 atom stereocenters. The summed E-state index contributed by atoms with van der Waals surface area (Å²) in [5.41, 5.74) is 2.89. The lowest BCUT2D eigenvalue weighted by molar-refractivity contribution is -0.104. The largest absolute Gasteiger partial charge is 0.487 e. The van der Waals surface area contributed by atoms with Gasteiger partial charge in [-0.25, -0.2) is 0 Å². The predicted molar refractivity (Wildman–Crippen MR) is 100.0 cm³/mol. The fourth-order valence-corrected chi connectivity index (χ4v) is 2.64. The molecule has 0 radical (unpaired) electrons. The number of carbonyl (C=O) groups is 2. The van der Waals surface area contributed by atoms with Gasteiger partial charge in [0.05, 0.1) is 11.0 Å². The average molecular weight is 388 g/mol. The number of carbonyl (C=O) groups excluding carboxylic acids is 2. The van der Waals surface area contributed by atoms with Gasteiger partial charge in [-0.05, 0) is 29.8 Å². The monoisotopic (exact) mass is 387 g/mol. The molecule has 0 aromatic heterocycles. The molecular formula is C19H18BrNO3. The van der Waals surface area contributed by atoms with Gasteiger partial charge >= 0.3 is 0 Å². The van der Waals surface area contributed by atoms with Crippen LogP contribution in [-0.4, -0.2) is 24.4 Å². The average Bonchev–Trinajstić information content (AvgIpc) is 2.64. The Morgan fingerprint density at radius 3 is 2.58 bits per heavy atom. The van der Waals surface area contributed by atoms with Crippen LogP contribution in [0.2, 0.25) is 0 Å². The molecular weight excluding hydrogens is 370 g/mol. The maximum absolute atomic E-state index is 12.1. The molecule has 0 spiro atoms. The third-order valence-corrected chi connectivity index (χ3v) is 3.97. The van der Waals surface area contributed by atoms with Gasteiger partial charge in [-0.3, -0.25) is 9.59 Å². The quantitative estimate of drug-likeness (QED) is 0.320. The van der Waals surface area contributed by atoms with Gasteiger partial charge in [0.25, 0.3) is 0 Å². The molecule has 0 saturated carbocycles. The van der Waals surface area contributed by atoms with Gasteiger partial charge in [0, 0.05) is 18.2 Å². The maximum Gasteiger partial charge on any atom is 0.174 e. The van der Waals surface area contributed by atoms with Crippen molar-refractivity contribution in [3.63, 3.8) is 0 Å². The number of alkyl halides is 1. The van der Waals surface area contributed by atoms with E-state index >= 15 is 0 Å². The van der Waals surface area contributed by atoms with E-state index in [2.05, 4.69) is 21.2 Å². The number of Topliss-reactive ketones (excluding diaryl/α,β-unsaturated/α-hetero) is 1. The summed E-state index contributed by atoms with van der Waals surface area (Å²) >= 11 is 3.19. The first-order valence-corrected chi connectivity index (χ1v) is 8.56. The lowest BCUT2D eigenvalue weighted by atomic mass is 10.0. The Morgan fingerprint density at radius 1 is 1.21 bits per heavy atom. The van der Waals surface area contributed by atoms with Crippen molar-refractivity contribution in [2.45, 2.75) is 6.61 Å². The second-order valence-electron chi connectivity index (χ2n) is 4.98. The Bertz CT molecular complexity index is 742. The van der Waals surface area contributed by atoms with Crippen LogP contribution in [0.25, 0.3) is 6.08 Å².